The third-order valence-corrected chi connectivity index (χ3v) is 10.8. The lowest BCUT2D eigenvalue weighted by Gasteiger charge is -2.33. The molecule has 1 aromatic carbocycles. The molecule has 0 aliphatic carbocycles. The summed E-state index contributed by atoms with van der Waals surface area (Å²) in [5.41, 5.74) is 1.38. The van der Waals surface area contributed by atoms with Crippen LogP contribution >= 0.6 is 0 Å². The highest BCUT2D eigenvalue weighted by molar-refractivity contribution is 5.98. The molecule has 6 atom stereocenters. The second-order valence-electron chi connectivity index (χ2n) is 15.1. The van der Waals surface area contributed by atoms with Crippen LogP contribution in [0.1, 0.15) is 70.1 Å². The summed E-state index contributed by atoms with van der Waals surface area (Å²) in [6.07, 6.45) is 6.30. The summed E-state index contributed by atoms with van der Waals surface area (Å²) in [6.45, 7) is 4.30. The van der Waals surface area contributed by atoms with Crippen molar-refractivity contribution in [1.29, 1.82) is 0 Å². The number of carbonyl (C=O) groups is 7. The van der Waals surface area contributed by atoms with Gasteiger partial charge in [-0.05, 0) is 56.4 Å². The normalized spacial score (nSPS) is 27.8. The van der Waals surface area contributed by atoms with Crippen molar-refractivity contribution >= 4 is 41.4 Å². The highest BCUT2D eigenvalue weighted by Crippen LogP contribution is 2.27. The zero-order chi connectivity index (χ0) is 38.4. The second-order valence-corrected chi connectivity index (χ2v) is 15.1. The summed E-state index contributed by atoms with van der Waals surface area (Å²) in [4.78, 5) is 109. The standard InChI is InChI=1S/C38H51N9O7/c1-23(2)17-26-33(49)44-27(18-24-9-4-3-5-10-24)36(52)47-16-8-13-31(47)38(54)46-15-6-11-29(46)34(50)40-21-32(48)42-28(19-25-20-39-22-41-25)37(53)45-14-7-12-30(45)35(51)43-26/h3-5,9-10,20,22-23,26-31H,6-8,11-19,21H2,1-2H3,(H,39,41)(H,40,50)(H,42,48)(H,43,51)(H,44,49). The van der Waals surface area contributed by atoms with Crippen LogP contribution in [-0.2, 0) is 46.4 Å². The van der Waals surface area contributed by atoms with Crippen molar-refractivity contribution in [2.45, 2.75) is 108 Å². The molecule has 16 nitrogen and oxygen atoms in total. The Morgan fingerprint density at radius 2 is 1.24 bits per heavy atom. The van der Waals surface area contributed by atoms with Gasteiger partial charge in [-0.1, -0.05) is 44.2 Å². The van der Waals surface area contributed by atoms with E-state index >= 15 is 0 Å². The van der Waals surface area contributed by atoms with Crippen LogP contribution in [-0.4, -0.2) is 128 Å². The summed E-state index contributed by atoms with van der Waals surface area (Å²) < 4.78 is 0. The Bertz CT molecular complexity index is 1700. The molecule has 0 radical (unpaired) electrons. The maximum atomic E-state index is 14.4. The number of benzene rings is 1. The lowest BCUT2D eigenvalue weighted by atomic mass is 10.00. The minimum atomic E-state index is -1.09. The van der Waals surface area contributed by atoms with Gasteiger partial charge in [0.1, 0.15) is 36.3 Å². The zero-order valence-corrected chi connectivity index (χ0v) is 30.9. The first-order valence-corrected chi connectivity index (χ1v) is 19.1. The monoisotopic (exact) mass is 745 g/mol. The molecule has 0 bridgehead atoms. The van der Waals surface area contributed by atoms with Crippen molar-refractivity contribution in [3.63, 3.8) is 0 Å². The molecule has 1 aromatic heterocycles. The van der Waals surface area contributed by atoms with Crippen LogP contribution in [0.25, 0.3) is 0 Å². The fourth-order valence-corrected chi connectivity index (χ4v) is 8.13. The van der Waals surface area contributed by atoms with E-state index in [9.17, 15) is 33.6 Å². The van der Waals surface area contributed by atoms with Crippen LogP contribution in [0.15, 0.2) is 42.9 Å². The van der Waals surface area contributed by atoms with Gasteiger partial charge in [0.2, 0.25) is 41.4 Å². The van der Waals surface area contributed by atoms with Crippen LogP contribution in [0.5, 0.6) is 0 Å². The lowest BCUT2D eigenvalue weighted by molar-refractivity contribution is -0.148. The Labute approximate surface area is 314 Å². The molecule has 6 rings (SSSR count). The smallest absolute Gasteiger partial charge is 0.246 e. The van der Waals surface area contributed by atoms with Gasteiger partial charge in [0.25, 0.3) is 0 Å². The number of aromatic amines is 1. The molecule has 0 saturated carbocycles. The van der Waals surface area contributed by atoms with Crippen LogP contribution in [0.2, 0.25) is 0 Å². The molecule has 290 valence electrons. The average Bonchev–Trinajstić information content (AvgIpc) is 3.99. The highest BCUT2D eigenvalue weighted by Gasteiger charge is 2.45. The second kappa shape index (κ2) is 17.2. The quantitative estimate of drug-likeness (QED) is 0.267. The van der Waals surface area contributed by atoms with Crippen molar-refractivity contribution in [3.8, 4) is 0 Å². The number of nitrogens with one attached hydrogen (secondary N) is 5. The van der Waals surface area contributed by atoms with E-state index in [0.717, 1.165) is 5.56 Å². The summed E-state index contributed by atoms with van der Waals surface area (Å²) in [6, 6.07) is 3.54. The topological polar surface area (TPSA) is 206 Å². The molecular formula is C38H51N9O7. The number of rotatable bonds is 6. The van der Waals surface area contributed by atoms with Gasteiger partial charge in [-0.3, -0.25) is 33.6 Å². The zero-order valence-electron chi connectivity index (χ0n) is 30.9. The van der Waals surface area contributed by atoms with E-state index < -0.39 is 78.2 Å². The minimum Gasteiger partial charge on any atom is -0.348 e. The van der Waals surface area contributed by atoms with Crippen molar-refractivity contribution in [2.24, 2.45) is 5.92 Å². The number of hydrogen-bond acceptors (Lipinski definition) is 8. The molecule has 4 saturated heterocycles. The van der Waals surface area contributed by atoms with Crippen LogP contribution in [0, 0.1) is 5.92 Å². The van der Waals surface area contributed by atoms with Gasteiger partial charge >= 0.3 is 0 Å². The third-order valence-electron chi connectivity index (χ3n) is 10.8. The van der Waals surface area contributed by atoms with E-state index in [4.69, 9.17) is 0 Å². The Hall–Kier alpha value is -5.28. The maximum absolute atomic E-state index is 14.4. The molecule has 4 aliphatic rings. The summed E-state index contributed by atoms with van der Waals surface area (Å²) in [5, 5.41) is 11.2. The largest absolute Gasteiger partial charge is 0.348 e. The Morgan fingerprint density at radius 1 is 0.667 bits per heavy atom. The molecule has 5 N–H and O–H groups in total. The van der Waals surface area contributed by atoms with Gasteiger partial charge in [0, 0.05) is 44.4 Å². The summed E-state index contributed by atoms with van der Waals surface area (Å²) >= 11 is 0. The number of hydrogen-bond donors (Lipinski definition) is 5. The molecule has 4 aliphatic heterocycles. The van der Waals surface area contributed by atoms with Gasteiger partial charge in [0.05, 0.1) is 12.9 Å². The number of H-pyrrole nitrogens is 1. The molecular weight excluding hydrogens is 694 g/mol. The fraction of sp³-hybridized carbons (Fsp3) is 0.579. The van der Waals surface area contributed by atoms with Gasteiger partial charge in [-0.25, -0.2) is 4.98 Å². The maximum Gasteiger partial charge on any atom is 0.246 e. The molecule has 0 spiro atoms. The Morgan fingerprint density at radius 3 is 1.87 bits per heavy atom. The van der Waals surface area contributed by atoms with Crippen LogP contribution < -0.4 is 21.3 Å². The number of amides is 7. The van der Waals surface area contributed by atoms with Crippen LogP contribution in [0.3, 0.4) is 0 Å². The summed E-state index contributed by atoms with van der Waals surface area (Å²) in [5.74, 6) is -3.45. The fourth-order valence-electron chi connectivity index (χ4n) is 8.13. The van der Waals surface area contributed by atoms with Crippen LogP contribution in [0.4, 0.5) is 0 Å². The Balaban J connectivity index is 1.34. The number of carbonyl (C=O) groups excluding carboxylic acids is 7. The first-order chi connectivity index (χ1) is 26.0. The van der Waals surface area contributed by atoms with Gasteiger partial charge in [-0.2, -0.15) is 0 Å². The first-order valence-electron chi connectivity index (χ1n) is 19.1. The molecule has 7 amide bonds. The van der Waals surface area contributed by atoms with E-state index in [1.807, 2.05) is 44.2 Å². The molecule has 4 fully saturated rings. The van der Waals surface area contributed by atoms with Gasteiger partial charge in [-0.15, -0.1) is 0 Å². The minimum absolute atomic E-state index is 0.0144. The molecule has 2 aromatic rings. The van der Waals surface area contributed by atoms with Crippen molar-refractivity contribution in [2.75, 3.05) is 26.2 Å². The molecule has 54 heavy (non-hydrogen) atoms. The van der Waals surface area contributed by atoms with Crippen molar-refractivity contribution in [3.05, 3.63) is 54.1 Å². The number of nitrogens with zero attached hydrogens (tertiary/aromatic N) is 4. The number of aromatic nitrogens is 2. The molecule has 6 unspecified atom stereocenters. The lowest BCUT2D eigenvalue weighted by Crippen LogP contribution is -2.59. The molecule has 5 heterocycles. The van der Waals surface area contributed by atoms with Gasteiger partial charge < -0.3 is 41.0 Å². The average molecular weight is 746 g/mol. The van der Waals surface area contributed by atoms with E-state index in [1.54, 1.807) is 0 Å². The van der Waals surface area contributed by atoms with E-state index in [0.29, 0.717) is 57.3 Å². The SMILES string of the molecule is CC(C)CC1NC(=O)C2CCCN2C(=O)C(Cc2cnc[nH]2)NC(=O)CNC(=O)C2CCCN2C(=O)C2CCCN2C(=O)C(Cc2ccccc2)NC1=O. The van der Waals surface area contributed by atoms with E-state index in [1.165, 1.54) is 27.2 Å². The number of fused-ring (bicyclic) bond motifs is 3. The molecule has 16 heteroatoms. The first kappa shape index (κ1) is 38.4. The van der Waals surface area contributed by atoms with E-state index in [-0.39, 0.29) is 37.6 Å². The predicted octanol–water partition coefficient (Wildman–Crippen LogP) is -0.202. The highest BCUT2D eigenvalue weighted by atomic mass is 16.2. The van der Waals surface area contributed by atoms with E-state index in [2.05, 4.69) is 31.2 Å². The van der Waals surface area contributed by atoms with Crippen molar-refractivity contribution in [1.82, 2.24) is 45.9 Å². The number of imidazole rings is 1. The van der Waals surface area contributed by atoms with Crippen molar-refractivity contribution < 1.29 is 33.6 Å². The predicted molar refractivity (Wildman–Crippen MR) is 195 cm³/mol. The third kappa shape index (κ3) is 8.91. The Kier molecular flexibility index (Phi) is 12.3. The van der Waals surface area contributed by atoms with Gasteiger partial charge in [0.15, 0.2) is 0 Å². The summed E-state index contributed by atoms with van der Waals surface area (Å²) in [7, 11) is 0.